The zero-order valence-corrected chi connectivity index (χ0v) is 16.6. The van der Waals surface area contributed by atoms with Gasteiger partial charge in [-0.1, -0.05) is 23.7 Å². The van der Waals surface area contributed by atoms with Crippen molar-refractivity contribution in [2.24, 2.45) is 0 Å². The number of rotatable bonds is 5. The molecule has 10 heteroatoms. The fraction of sp³-hybridized carbons (Fsp3) is 0.0625. The summed E-state index contributed by atoms with van der Waals surface area (Å²) in [6.07, 6.45) is 1.13. The molecule has 26 heavy (non-hydrogen) atoms. The second kappa shape index (κ2) is 6.99. The molecule has 0 unspecified atom stereocenters. The van der Waals surface area contributed by atoms with Gasteiger partial charge in [-0.3, -0.25) is 4.72 Å². The Hall–Kier alpha value is -1.94. The van der Waals surface area contributed by atoms with Crippen molar-refractivity contribution < 1.29 is 16.8 Å². The maximum Gasteiger partial charge on any atom is 0.263 e. The fourth-order valence-corrected chi connectivity index (χ4v) is 4.84. The highest BCUT2D eigenvalue weighted by atomic mass is 35.5. The fourth-order valence-electron chi connectivity index (χ4n) is 2.11. The van der Waals surface area contributed by atoms with Crippen molar-refractivity contribution in [3.8, 4) is 11.3 Å². The number of sulfonamides is 1. The van der Waals surface area contributed by atoms with E-state index in [0.29, 0.717) is 16.3 Å². The number of hydrogen-bond donors (Lipinski definition) is 1. The Balaban J connectivity index is 1.83. The van der Waals surface area contributed by atoms with Crippen molar-refractivity contribution in [1.82, 2.24) is 4.98 Å². The minimum absolute atomic E-state index is 0.0798. The SMILES string of the molecule is CS(=O)(=O)c1ccc(-c2csc(NS(=O)(=O)c3ccc(Cl)cc3)n2)cc1. The second-order valence-corrected chi connectivity index (χ2v) is 10.4. The summed E-state index contributed by atoms with van der Waals surface area (Å²) >= 11 is 6.90. The number of thiazole rings is 1. The summed E-state index contributed by atoms with van der Waals surface area (Å²) in [6, 6.07) is 12.0. The van der Waals surface area contributed by atoms with E-state index in [2.05, 4.69) is 9.71 Å². The molecular weight excluding hydrogens is 416 g/mol. The van der Waals surface area contributed by atoms with Crippen LogP contribution in [0.15, 0.2) is 63.7 Å². The Morgan fingerprint density at radius 1 is 0.923 bits per heavy atom. The van der Waals surface area contributed by atoms with Crippen molar-refractivity contribution >= 4 is 47.9 Å². The summed E-state index contributed by atoms with van der Waals surface area (Å²) < 4.78 is 50.1. The lowest BCUT2D eigenvalue weighted by molar-refractivity contribution is 0.599. The van der Waals surface area contributed by atoms with Crippen molar-refractivity contribution in [3.05, 3.63) is 58.9 Å². The number of sulfone groups is 1. The van der Waals surface area contributed by atoms with Crippen molar-refractivity contribution in [2.75, 3.05) is 11.0 Å². The van der Waals surface area contributed by atoms with Gasteiger partial charge < -0.3 is 0 Å². The Morgan fingerprint density at radius 2 is 1.50 bits per heavy atom. The van der Waals surface area contributed by atoms with E-state index < -0.39 is 19.9 Å². The van der Waals surface area contributed by atoms with Crippen LogP contribution in [-0.2, 0) is 19.9 Å². The third-order valence-electron chi connectivity index (χ3n) is 3.43. The molecule has 1 heterocycles. The van der Waals surface area contributed by atoms with E-state index >= 15 is 0 Å². The van der Waals surface area contributed by atoms with E-state index in [9.17, 15) is 16.8 Å². The molecule has 0 atom stereocenters. The largest absolute Gasteiger partial charge is 0.263 e. The summed E-state index contributed by atoms with van der Waals surface area (Å²) in [5, 5.41) is 2.34. The molecule has 1 aromatic heterocycles. The normalized spacial score (nSPS) is 12.1. The highest BCUT2D eigenvalue weighted by Gasteiger charge is 2.16. The summed E-state index contributed by atoms with van der Waals surface area (Å²) in [7, 11) is -7.04. The van der Waals surface area contributed by atoms with Gasteiger partial charge in [0.25, 0.3) is 10.0 Å². The van der Waals surface area contributed by atoms with E-state index in [0.717, 1.165) is 17.6 Å². The predicted molar refractivity (Wildman–Crippen MR) is 103 cm³/mol. The van der Waals surface area contributed by atoms with Gasteiger partial charge in [0.05, 0.1) is 15.5 Å². The van der Waals surface area contributed by atoms with Crippen LogP contribution in [0.1, 0.15) is 0 Å². The van der Waals surface area contributed by atoms with Gasteiger partial charge in [0.15, 0.2) is 15.0 Å². The van der Waals surface area contributed by atoms with E-state index in [4.69, 9.17) is 11.6 Å². The minimum Gasteiger partial charge on any atom is -0.255 e. The Morgan fingerprint density at radius 3 is 2.08 bits per heavy atom. The van der Waals surface area contributed by atoms with Crippen LogP contribution in [0, 0.1) is 0 Å². The molecule has 0 spiro atoms. The number of benzene rings is 2. The van der Waals surface area contributed by atoms with E-state index in [1.54, 1.807) is 17.5 Å². The second-order valence-electron chi connectivity index (χ2n) is 5.39. The maximum absolute atomic E-state index is 12.4. The van der Waals surface area contributed by atoms with E-state index in [1.807, 2.05) is 0 Å². The number of aromatic nitrogens is 1. The zero-order valence-electron chi connectivity index (χ0n) is 13.4. The van der Waals surface area contributed by atoms with E-state index in [-0.39, 0.29) is 14.9 Å². The zero-order chi connectivity index (χ0) is 18.9. The first-order valence-electron chi connectivity index (χ1n) is 7.19. The monoisotopic (exact) mass is 428 g/mol. The molecule has 0 aliphatic rings. The standard InChI is InChI=1S/C16H13ClN2O4S3/c1-25(20,21)13-6-2-11(3-7-13)15-10-24-16(18-15)19-26(22,23)14-8-4-12(17)5-9-14/h2-10H,1H3,(H,18,19). The Kier molecular flexibility index (Phi) is 5.07. The lowest BCUT2D eigenvalue weighted by Gasteiger charge is -2.05. The predicted octanol–water partition coefficient (Wildman–Crippen LogP) is 3.67. The van der Waals surface area contributed by atoms with Gasteiger partial charge in [0.1, 0.15) is 0 Å². The maximum atomic E-state index is 12.4. The molecule has 0 aliphatic carbocycles. The van der Waals surface area contributed by atoms with Crippen LogP contribution in [0.4, 0.5) is 5.13 Å². The average molecular weight is 429 g/mol. The molecule has 0 fully saturated rings. The minimum atomic E-state index is -3.77. The topological polar surface area (TPSA) is 93.2 Å². The van der Waals surface area contributed by atoms with Gasteiger partial charge in [-0.25, -0.2) is 21.8 Å². The van der Waals surface area contributed by atoms with Crippen LogP contribution >= 0.6 is 22.9 Å². The number of anilines is 1. The van der Waals surface area contributed by atoms with Crippen LogP contribution in [-0.4, -0.2) is 28.1 Å². The molecule has 3 rings (SSSR count). The summed E-state index contributed by atoms with van der Waals surface area (Å²) in [4.78, 5) is 4.54. The molecule has 3 aromatic rings. The molecule has 1 N–H and O–H groups in total. The number of nitrogens with zero attached hydrogens (tertiary/aromatic N) is 1. The molecule has 0 bridgehead atoms. The Labute approximate surface area is 160 Å². The molecule has 0 amide bonds. The number of hydrogen-bond acceptors (Lipinski definition) is 6. The lowest BCUT2D eigenvalue weighted by Crippen LogP contribution is -2.12. The van der Waals surface area contributed by atoms with Crippen LogP contribution in [0.2, 0.25) is 5.02 Å². The van der Waals surface area contributed by atoms with Gasteiger partial charge in [0.2, 0.25) is 0 Å². The third-order valence-corrected chi connectivity index (χ3v) is 7.05. The molecule has 136 valence electrons. The van der Waals surface area contributed by atoms with Gasteiger partial charge in [-0.15, -0.1) is 11.3 Å². The van der Waals surface area contributed by atoms with Crippen molar-refractivity contribution in [2.45, 2.75) is 9.79 Å². The molecule has 0 aliphatic heterocycles. The summed E-state index contributed by atoms with van der Waals surface area (Å²) in [6.45, 7) is 0. The van der Waals surface area contributed by atoms with Crippen LogP contribution < -0.4 is 4.72 Å². The molecular formula is C16H13ClN2O4S3. The third kappa shape index (κ3) is 4.24. The molecule has 6 nitrogen and oxygen atoms in total. The van der Waals surface area contributed by atoms with Crippen LogP contribution in [0.3, 0.4) is 0 Å². The van der Waals surface area contributed by atoms with Gasteiger partial charge >= 0.3 is 0 Å². The Bertz CT molecular complexity index is 1140. The van der Waals surface area contributed by atoms with E-state index in [1.165, 1.54) is 36.4 Å². The first-order valence-corrected chi connectivity index (χ1v) is 11.8. The molecule has 2 aromatic carbocycles. The van der Waals surface area contributed by atoms with Crippen LogP contribution in [0.25, 0.3) is 11.3 Å². The number of halogens is 1. The highest BCUT2D eigenvalue weighted by molar-refractivity contribution is 7.93. The lowest BCUT2D eigenvalue weighted by atomic mass is 10.2. The quantitative estimate of drug-likeness (QED) is 0.669. The first kappa shape index (κ1) is 18.8. The van der Waals surface area contributed by atoms with Gasteiger partial charge in [-0.05, 0) is 36.4 Å². The molecule has 0 radical (unpaired) electrons. The summed E-state index contributed by atoms with van der Waals surface area (Å²) in [5.74, 6) is 0. The molecule has 0 saturated carbocycles. The smallest absolute Gasteiger partial charge is 0.255 e. The average Bonchev–Trinajstić information content (AvgIpc) is 3.02. The summed E-state index contributed by atoms with van der Waals surface area (Å²) in [5.41, 5.74) is 1.23. The highest BCUT2D eigenvalue weighted by Crippen LogP contribution is 2.27. The van der Waals surface area contributed by atoms with Crippen molar-refractivity contribution in [1.29, 1.82) is 0 Å². The van der Waals surface area contributed by atoms with Gasteiger partial charge in [-0.2, -0.15) is 0 Å². The van der Waals surface area contributed by atoms with Gasteiger partial charge in [0, 0.05) is 22.2 Å². The first-order chi connectivity index (χ1) is 12.1. The van der Waals surface area contributed by atoms with Crippen LogP contribution in [0.5, 0.6) is 0 Å². The molecule has 0 saturated heterocycles. The van der Waals surface area contributed by atoms with Crippen molar-refractivity contribution in [3.63, 3.8) is 0 Å². The number of nitrogens with one attached hydrogen (secondary N) is 1.